The topological polar surface area (TPSA) is 128 Å². The molecule has 1 heterocycles. The number of amides is 3. The van der Waals surface area contributed by atoms with Gasteiger partial charge in [0.05, 0.1) is 18.8 Å². The van der Waals surface area contributed by atoms with Crippen molar-refractivity contribution < 1.29 is 38.1 Å². The predicted molar refractivity (Wildman–Crippen MR) is 149 cm³/mol. The third-order valence-electron chi connectivity index (χ3n) is 6.70. The zero-order valence-electron chi connectivity index (χ0n) is 24.2. The van der Waals surface area contributed by atoms with Gasteiger partial charge in [0.15, 0.2) is 0 Å². The number of alkyl carbamates (subject to hydrolysis) is 1. The third-order valence-corrected chi connectivity index (χ3v) is 6.70. The molecule has 4 atom stereocenters. The lowest BCUT2D eigenvalue weighted by atomic mass is 9.85. The molecule has 2 aromatic rings. The molecule has 0 spiro atoms. The first-order valence-electron chi connectivity index (χ1n) is 13.5. The number of hydrogen-bond acceptors (Lipinski definition) is 6. The Morgan fingerprint density at radius 2 is 1.63 bits per heavy atom. The minimum Gasteiger partial charge on any atom is -0.444 e. The van der Waals surface area contributed by atoms with Gasteiger partial charge in [-0.1, -0.05) is 51.1 Å². The Morgan fingerprint density at radius 1 is 1.00 bits per heavy atom. The number of aliphatic hydroxyl groups excluding tert-OH is 2. The highest BCUT2D eigenvalue weighted by Gasteiger charge is 2.45. The molecule has 0 radical (unpaired) electrons. The Balaban J connectivity index is 1.80. The van der Waals surface area contributed by atoms with Gasteiger partial charge in [-0.25, -0.2) is 13.6 Å². The van der Waals surface area contributed by atoms with E-state index in [1.807, 2.05) is 0 Å². The molecule has 0 aromatic heterocycles. The smallest absolute Gasteiger partial charge is 0.408 e. The highest BCUT2D eigenvalue weighted by molar-refractivity contribution is 5.92. The summed E-state index contributed by atoms with van der Waals surface area (Å²) >= 11 is 0. The van der Waals surface area contributed by atoms with Crippen LogP contribution >= 0.6 is 0 Å². The fourth-order valence-corrected chi connectivity index (χ4v) is 4.69. The van der Waals surface area contributed by atoms with E-state index in [-0.39, 0.29) is 29.7 Å². The van der Waals surface area contributed by atoms with E-state index in [1.54, 1.807) is 47.6 Å². The molecule has 9 nitrogen and oxygen atoms in total. The molecule has 41 heavy (non-hydrogen) atoms. The van der Waals surface area contributed by atoms with Crippen LogP contribution in [0.15, 0.2) is 42.5 Å². The molecule has 0 saturated carbocycles. The SMILES string of the molecule is CC(C)(C)OC(=O)N[C@H](C(=O)N1C[C@H](O)C[C@H]1C(=O)N[C@@H](CO)c1ccc(-c2ccccc2F)c(F)c1)C(C)(C)C. The minimum absolute atomic E-state index is 0.0243. The second kappa shape index (κ2) is 12.5. The molecular formula is C30H39F2N3O6. The Kier molecular flexibility index (Phi) is 9.76. The first kappa shape index (κ1) is 32.0. The normalized spacial score (nSPS) is 18.9. The van der Waals surface area contributed by atoms with E-state index in [0.717, 1.165) is 6.07 Å². The van der Waals surface area contributed by atoms with Crippen LogP contribution in [0.3, 0.4) is 0 Å². The number of nitrogens with one attached hydrogen (secondary N) is 2. The van der Waals surface area contributed by atoms with Crippen LogP contribution in [-0.2, 0) is 14.3 Å². The Hall–Kier alpha value is -3.57. The Bertz CT molecular complexity index is 1270. The highest BCUT2D eigenvalue weighted by atomic mass is 19.1. The number of rotatable bonds is 7. The lowest BCUT2D eigenvalue weighted by molar-refractivity contribution is -0.142. The van der Waals surface area contributed by atoms with Crippen molar-refractivity contribution in [3.8, 4) is 11.1 Å². The molecular weight excluding hydrogens is 536 g/mol. The maximum absolute atomic E-state index is 15.0. The first-order valence-corrected chi connectivity index (χ1v) is 13.5. The molecule has 0 unspecified atom stereocenters. The average molecular weight is 576 g/mol. The maximum Gasteiger partial charge on any atom is 0.408 e. The van der Waals surface area contributed by atoms with Crippen LogP contribution in [0.25, 0.3) is 11.1 Å². The number of carbonyl (C=O) groups excluding carboxylic acids is 3. The van der Waals surface area contributed by atoms with E-state index < -0.39 is 71.4 Å². The molecule has 0 bridgehead atoms. The summed E-state index contributed by atoms with van der Waals surface area (Å²) in [7, 11) is 0. The molecule has 1 fully saturated rings. The van der Waals surface area contributed by atoms with Crippen molar-refractivity contribution >= 4 is 17.9 Å². The summed E-state index contributed by atoms with van der Waals surface area (Å²) < 4.78 is 34.5. The highest BCUT2D eigenvalue weighted by Crippen LogP contribution is 2.29. The summed E-state index contributed by atoms with van der Waals surface area (Å²) in [6, 6.07) is 6.45. The number of ether oxygens (including phenoxy) is 1. The lowest BCUT2D eigenvalue weighted by Gasteiger charge is -2.36. The van der Waals surface area contributed by atoms with E-state index >= 15 is 0 Å². The van der Waals surface area contributed by atoms with E-state index in [4.69, 9.17) is 4.74 Å². The van der Waals surface area contributed by atoms with E-state index in [2.05, 4.69) is 10.6 Å². The number of likely N-dealkylation sites (tertiary alicyclic amines) is 1. The maximum atomic E-state index is 15.0. The van der Waals surface area contributed by atoms with Crippen LogP contribution in [0.1, 0.15) is 59.6 Å². The minimum atomic E-state index is -1.11. The molecule has 3 rings (SSSR count). The largest absolute Gasteiger partial charge is 0.444 e. The van der Waals surface area contributed by atoms with E-state index in [9.17, 15) is 33.4 Å². The number of aliphatic hydroxyl groups is 2. The van der Waals surface area contributed by atoms with Crippen LogP contribution in [0.5, 0.6) is 0 Å². The quantitative estimate of drug-likeness (QED) is 0.399. The Labute approximate surface area is 238 Å². The summed E-state index contributed by atoms with van der Waals surface area (Å²) in [4.78, 5) is 40.7. The molecule has 4 N–H and O–H groups in total. The van der Waals surface area contributed by atoms with Gasteiger partial charge in [0.25, 0.3) is 0 Å². The number of halogens is 2. The van der Waals surface area contributed by atoms with Crippen LogP contribution in [0.2, 0.25) is 0 Å². The average Bonchev–Trinajstić information content (AvgIpc) is 3.26. The first-order chi connectivity index (χ1) is 19.0. The lowest BCUT2D eigenvalue weighted by Crippen LogP contribution is -2.58. The van der Waals surface area contributed by atoms with Gasteiger partial charge in [0.2, 0.25) is 11.8 Å². The zero-order chi connectivity index (χ0) is 30.7. The van der Waals surface area contributed by atoms with Gasteiger partial charge in [0, 0.05) is 24.1 Å². The molecule has 1 saturated heterocycles. The van der Waals surface area contributed by atoms with Gasteiger partial charge in [-0.15, -0.1) is 0 Å². The van der Waals surface area contributed by atoms with Gasteiger partial charge in [0.1, 0.15) is 29.3 Å². The zero-order valence-corrected chi connectivity index (χ0v) is 24.2. The predicted octanol–water partition coefficient (Wildman–Crippen LogP) is 3.68. The fourth-order valence-electron chi connectivity index (χ4n) is 4.69. The molecule has 11 heteroatoms. The van der Waals surface area contributed by atoms with Crippen molar-refractivity contribution in [3.05, 3.63) is 59.7 Å². The van der Waals surface area contributed by atoms with Gasteiger partial charge >= 0.3 is 6.09 Å². The number of hydrogen-bond donors (Lipinski definition) is 4. The van der Waals surface area contributed by atoms with Crippen LogP contribution in [-0.4, -0.2) is 70.0 Å². The van der Waals surface area contributed by atoms with Crippen molar-refractivity contribution in [2.75, 3.05) is 13.2 Å². The molecule has 1 aliphatic rings. The summed E-state index contributed by atoms with van der Waals surface area (Å²) in [5, 5.41) is 25.6. The molecule has 224 valence electrons. The summed E-state index contributed by atoms with van der Waals surface area (Å²) in [6.45, 7) is 9.58. The van der Waals surface area contributed by atoms with Crippen molar-refractivity contribution in [2.24, 2.45) is 5.41 Å². The van der Waals surface area contributed by atoms with Gasteiger partial charge in [-0.3, -0.25) is 9.59 Å². The monoisotopic (exact) mass is 575 g/mol. The summed E-state index contributed by atoms with van der Waals surface area (Å²) in [5.41, 5.74) is -1.24. The van der Waals surface area contributed by atoms with Gasteiger partial charge < -0.3 is 30.5 Å². The van der Waals surface area contributed by atoms with Crippen LogP contribution in [0.4, 0.5) is 13.6 Å². The van der Waals surface area contributed by atoms with Crippen molar-refractivity contribution in [1.29, 1.82) is 0 Å². The van der Waals surface area contributed by atoms with Crippen LogP contribution < -0.4 is 10.6 Å². The second-order valence-electron chi connectivity index (χ2n) is 12.3. The number of β-amino-alcohol motifs (C(OH)–C–C–N with tert-alkyl or cyclic N) is 1. The molecule has 1 aliphatic heterocycles. The second-order valence-corrected chi connectivity index (χ2v) is 12.3. The fraction of sp³-hybridized carbons (Fsp3) is 0.500. The van der Waals surface area contributed by atoms with Gasteiger partial charge in [-0.05, 0) is 43.9 Å². The van der Waals surface area contributed by atoms with Crippen LogP contribution in [0, 0.1) is 17.0 Å². The number of benzene rings is 2. The number of nitrogens with zero attached hydrogens (tertiary/aromatic N) is 1. The van der Waals surface area contributed by atoms with Crippen molar-refractivity contribution in [2.45, 2.75) is 77.8 Å². The summed E-state index contributed by atoms with van der Waals surface area (Å²) in [6.07, 6.45) is -1.87. The Morgan fingerprint density at radius 3 is 2.20 bits per heavy atom. The number of carbonyl (C=O) groups is 3. The van der Waals surface area contributed by atoms with E-state index in [1.165, 1.54) is 35.2 Å². The summed E-state index contributed by atoms with van der Waals surface area (Å²) in [5.74, 6) is -2.58. The van der Waals surface area contributed by atoms with E-state index in [0.29, 0.717) is 0 Å². The standard InChI is InChI=1S/C30H39F2N3O6/c1-29(2,3)25(34-28(40)41-30(4,5)6)27(39)35-15-18(37)14-24(35)26(38)33-23(16-36)17-11-12-20(22(32)13-17)19-9-7-8-10-21(19)31/h7-13,18,23-25,36-37H,14-16H2,1-6H3,(H,33,38)(H,34,40)/t18-,23+,24+,25-/m1/s1. The molecule has 2 aromatic carbocycles. The van der Waals surface area contributed by atoms with Crippen molar-refractivity contribution in [3.63, 3.8) is 0 Å². The third kappa shape index (κ3) is 8.01. The molecule has 3 amide bonds. The van der Waals surface area contributed by atoms with Crippen molar-refractivity contribution in [1.82, 2.24) is 15.5 Å². The molecule has 0 aliphatic carbocycles. The van der Waals surface area contributed by atoms with Gasteiger partial charge in [-0.2, -0.15) is 0 Å².